The molecule has 2 rings (SSSR count). The van der Waals surface area contributed by atoms with Crippen LogP contribution in [0.25, 0.3) is 0 Å². The van der Waals surface area contributed by atoms with Gasteiger partial charge in [0.15, 0.2) is 6.61 Å². The zero-order valence-electron chi connectivity index (χ0n) is 15.3. The molecule has 2 aromatic carbocycles. The van der Waals surface area contributed by atoms with Crippen LogP contribution in [-0.4, -0.2) is 43.9 Å². The summed E-state index contributed by atoms with van der Waals surface area (Å²) in [4.78, 5) is 23.1. The lowest BCUT2D eigenvalue weighted by molar-refractivity contribution is -0.384. The van der Waals surface area contributed by atoms with Gasteiger partial charge < -0.3 is 20.1 Å². The molecule has 0 aromatic heterocycles. The van der Waals surface area contributed by atoms with Crippen LogP contribution < -0.4 is 15.4 Å². The molecule has 0 aliphatic carbocycles. The number of carbonyl (C=O) groups excluding carboxylic acids is 1. The van der Waals surface area contributed by atoms with Crippen molar-refractivity contribution in [3.63, 3.8) is 0 Å². The van der Waals surface area contributed by atoms with Crippen LogP contribution in [-0.2, 0) is 4.74 Å². The molecule has 0 spiro atoms. The second-order valence-corrected chi connectivity index (χ2v) is 5.76. The maximum Gasteiger partial charge on any atom is 0.422 e. The largest absolute Gasteiger partial charge is 0.482 e. The summed E-state index contributed by atoms with van der Waals surface area (Å²) in [6.07, 6.45) is -4.54. The number of anilines is 2. The monoisotopic (exact) mass is 413 g/mol. The summed E-state index contributed by atoms with van der Waals surface area (Å²) in [5.74, 6) is -0.912. The van der Waals surface area contributed by atoms with Crippen LogP contribution >= 0.6 is 0 Å². The van der Waals surface area contributed by atoms with Gasteiger partial charge in [-0.15, -0.1) is 0 Å². The Morgan fingerprint density at radius 1 is 1.17 bits per heavy atom. The van der Waals surface area contributed by atoms with Gasteiger partial charge in [-0.3, -0.25) is 14.9 Å². The SMILES string of the molecule is COCCNc1ccc(C(=O)Nc2ccccc2OCC(F)(F)F)cc1[N+](=O)[O-]. The molecule has 0 unspecified atom stereocenters. The number of nitro benzene ring substituents is 1. The topological polar surface area (TPSA) is 103 Å². The molecular weight excluding hydrogens is 395 g/mol. The minimum Gasteiger partial charge on any atom is -0.482 e. The molecule has 0 saturated heterocycles. The van der Waals surface area contributed by atoms with Crippen LogP contribution in [0.1, 0.15) is 10.4 Å². The van der Waals surface area contributed by atoms with Crippen molar-refractivity contribution in [2.24, 2.45) is 0 Å². The quantitative estimate of drug-likeness (QED) is 0.368. The van der Waals surface area contributed by atoms with Crippen molar-refractivity contribution in [1.82, 2.24) is 0 Å². The summed E-state index contributed by atoms with van der Waals surface area (Å²) in [6.45, 7) is -0.867. The van der Waals surface area contributed by atoms with Gasteiger partial charge in [0.25, 0.3) is 11.6 Å². The van der Waals surface area contributed by atoms with E-state index in [1.807, 2.05) is 0 Å². The van der Waals surface area contributed by atoms with Crippen molar-refractivity contribution in [2.75, 3.05) is 37.5 Å². The van der Waals surface area contributed by atoms with E-state index in [-0.39, 0.29) is 28.4 Å². The number of ether oxygens (including phenoxy) is 2. The Bertz CT molecular complexity index is 874. The number of para-hydroxylation sites is 2. The van der Waals surface area contributed by atoms with E-state index < -0.39 is 23.6 Å². The number of nitrogens with one attached hydrogen (secondary N) is 2. The highest BCUT2D eigenvalue weighted by Gasteiger charge is 2.29. The Morgan fingerprint density at radius 2 is 1.90 bits per heavy atom. The third-order valence-corrected chi connectivity index (χ3v) is 3.60. The second-order valence-electron chi connectivity index (χ2n) is 5.76. The summed E-state index contributed by atoms with van der Waals surface area (Å²) in [6, 6.07) is 9.38. The molecule has 2 N–H and O–H groups in total. The smallest absolute Gasteiger partial charge is 0.422 e. The number of rotatable bonds is 9. The zero-order valence-corrected chi connectivity index (χ0v) is 15.3. The second kappa shape index (κ2) is 9.73. The maximum absolute atomic E-state index is 12.5. The molecule has 0 saturated carbocycles. The fourth-order valence-electron chi connectivity index (χ4n) is 2.31. The summed E-state index contributed by atoms with van der Waals surface area (Å²) < 4.78 is 46.7. The van der Waals surface area contributed by atoms with Gasteiger partial charge in [-0.2, -0.15) is 13.2 Å². The van der Waals surface area contributed by atoms with Gasteiger partial charge in [0.05, 0.1) is 17.2 Å². The van der Waals surface area contributed by atoms with Gasteiger partial charge in [-0.05, 0) is 24.3 Å². The number of methoxy groups -OCH3 is 1. The number of nitrogens with zero attached hydrogens (tertiary/aromatic N) is 1. The van der Waals surface area contributed by atoms with Crippen LogP contribution in [0.5, 0.6) is 5.75 Å². The Morgan fingerprint density at radius 3 is 2.55 bits per heavy atom. The maximum atomic E-state index is 12.5. The fourth-order valence-corrected chi connectivity index (χ4v) is 2.31. The summed E-state index contributed by atoms with van der Waals surface area (Å²) in [7, 11) is 1.49. The lowest BCUT2D eigenvalue weighted by atomic mass is 10.1. The molecule has 2 aromatic rings. The van der Waals surface area contributed by atoms with Gasteiger partial charge in [0, 0.05) is 25.3 Å². The third-order valence-electron chi connectivity index (χ3n) is 3.60. The third kappa shape index (κ3) is 6.64. The number of amides is 1. The Kier molecular flexibility index (Phi) is 7.37. The zero-order chi connectivity index (χ0) is 21.4. The van der Waals surface area contributed by atoms with Crippen molar-refractivity contribution < 1.29 is 32.4 Å². The molecular formula is C18H18F3N3O5. The van der Waals surface area contributed by atoms with Gasteiger partial charge >= 0.3 is 6.18 Å². The first-order chi connectivity index (χ1) is 13.7. The number of carbonyl (C=O) groups is 1. The number of hydrogen-bond acceptors (Lipinski definition) is 6. The van der Waals surface area contributed by atoms with E-state index in [9.17, 15) is 28.1 Å². The number of nitro groups is 1. The average Bonchev–Trinajstić information content (AvgIpc) is 2.67. The van der Waals surface area contributed by atoms with Crippen molar-refractivity contribution in [2.45, 2.75) is 6.18 Å². The molecule has 0 atom stereocenters. The van der Waals surface area contributed by atoms with Crippen LogP contribution in [0.2, 0.25) is 0 Å². The molecule has 11 heteroatoms. The number of hydrogen-bond donors (Lipinski definition) is 2. The Labute approximate surface area is 163 Å². The van der Waals surface area contributed by atoms with Crippen molar-refractivity contribution in [1.29, 1.82) is 0 Å². The van der Waals surface area contributed by atoms with Crippen molar-refractivity contribution in [3.05, 3.63) is 58.1 Å². The van der Waals surface area contributed by atoms with E-state index in [2.05, 4.69) is 10.6 Å². The average molecular weight is 413 g/mol. The van der Waals surface area contributed by atoms with E-state index in [0.717, 1.165) is 6.07 Å². The molecule has 29 heavy (non-hydrogen) atoms. The van der Waals surface area contributed by atoms with Crippen molar-refractivity contribution >= 4 is 23.0 Å². The molecule has 0 heterocycles. The van der Waals surface area contributed by atoms with E-state index >= 15 is 0 Å². The molecule has 0 aliphatic heterocycles. The lowest BCUT2D eigenvalue weighted by Gasteiger charge is -2.14. The highest BCUT2D eigenvalue weighted by atomic mass is 19.4. The van der Waals surface area contributed by atoms with Crippen LogP contribution in [0.4, 0.5) is 30.2 Å². The predicted octanol–water partition coefficient (Wildman–Crippen LogP) is 3.85. The first-order valence-electron chi connectivity index (χ1n) is 8.32. The van der Waals surface area contributed by atoms with E-state index in [4.69, 9.17) is 9.47 Å². The lowest BCUT2D eigenvalue weighted by Crippen LogP contribution is -2.20. The molecule has 156 valence electrons. The highest BCUT2D eigenvalue weighted by Crippen LogP contribution is 2.29. The van der Waals surface area contributed by atoms with Gasteiger partial charge in [0.1, 0.15) is 11.4 Å². The standard InChI is InChI=1S/C18H18F3N3O5/c1-28-9-8-22-13-7-6-12(10-15(13)24(26)27)17(25)23-14-4-2-3-5-16(14)29-11-18(19,20)21/h2-7,10,22H,8-9,11H2,1H3,(H,23,25). The van der Waals surface area contributed by atoms with E-state index in [1.54, 1.807) is 0 Å². The number of alkyl halides is 3. The summed E-state index contributed by atoms with van der Waals surface area (Å²) in [5, 5.41) is 16.5. The molecule has 1 amide bonds. The molecule has 0 bridgehead atoms. The Hall–Kier alpha value is -3.34. The minimum atomic E-state index is -4.54. The van der Waals surface area contributed by atoms with Gasteiger partial charge in [-0.25, -0.2) is 0 Å². The number of halogens is 3. The molecule has 0 radical (unpaired) electrons. The van der Waals surface area contributed by atoms with E-state index in [1.165, 1.54) is 43.5 Å². The van der Waals surface area contributed by atoms with E-state index in [0.29, 0.717) is 13.2 Å². The summed E-state index contributed by atoms with van der Waals surface area (Å²) >= 11 is 0. The minimum absolute atomic E-state index is 0.00620. The molecule has 0 fully saturated rings. The van der Waals surface area contributed by atoms with Crippen LogP contribution in [0, 0.1) is 10.1 Å². The fraction of sp³-hybridized carbons (Fsp3) is 0.278. The molecule has 8 nitrogen and oxygen atoms in total. The summed E-state index contributed by atoms with van der Waals surface area (Å²) in [5.41, 5.74) is -0.154. The van der Waals surface area contributed by atoms with Crippen LogP contribution in [0.15, 0.2) is 42.5 Å². The molecule has 0 aliphatic rings. The Balaban J connectivity index is 2.19. The van der Waals surface area contributed by atoms with Gasteiger partial charge in [-0.1, -0.05) is 12.1 Å². The van der Waals surface area contributed by atoms with Crippen LogP contribution in [0.3, 0.4) is 0 Å². The number of benzene rings is 2. The van der Waals surface area contributed by atoms with Crippen molar-refractivity contribution in [3.8, 4) is 5.75 Å². The van der Waals surface area contributed by atoms with Gasteiger partial charge in [0.2, 0.25) is 0 Å². The first kappa shape index (κ1) is 22.0. The highest BCUT2D eigenvalue weighted by molar-refractivity contribution is 6.05. The predicted molar refractivity (Wildman–Crippen MR) is 99.4 cm³/mol. The first-order valence-corrected chi connectivity index (χ1v) is 8.32. The normalized spacial score (nSPS) is 11.0.